The quantitative estimate of drug-likeness (QED) is 0.736. The summed E-state index contributed by atoms with van der Waals surface area (Å²) in [5, 5.41) is 3.37. The molecular formula is C14H21NO. The third-order valence-corrected chi connectivity index (χ3v) is 2.03. The minimum absolute atomic E-state index is 0.577. The summed E-state index contributed by atoms with van der Waals surface area (Å²) in [6.45, 7) is 11.7. The van der Waals surface area contributed by atoms with Gasteiger partial charge >= 0.3 is 0 Å². The van der Waals surface area contributed by atoms with E-state index >= 15 is 0 Å². The Hall–Kier alpha value is -1.44. The standard InChI is InChI=1S/C14H21NO/c1-11(2)9-15-13-6-5-7-14(8-13)16-10-12(3)4/h5-8,11,15H,3,9-10H2,1-2,4H3. The van der Waals surface area contributed by atoms with Gasteiger partial charge in [0.05, 0.1) is 0 Å². The van der Waals surface area contributed by atoms with Gasteiger partial charge in [-0.1, -0.05) is 26.5 Å². The van der Waals surface area contributed by atoms with Gasteiger partial charge in [-0.25, -0.2) is 0 Å². The molecule has 2 heteroatoms. The molecule has 2 nitrogen and oxygen atoms in total. The van der Waals surface area contributed by atoms with Crippen LogP contribution < -0.4 is 10.1 Å². The lowest BCUT2D eigenvalue weighted by atomic mass is 10.2. The number of hydrogen-bond acceptors (Lipinski definition) is 2. The van der Waals surface area contributed by atoms with Crippen LogP contribution in [-0.4, -0.2) is 13.2 Å². The molecule has 16 heavy (non-hydrogen) atoms. The molecule has 0 saturated heterocycles. The van der Waals surface area contributed by atoms with Gasteiger partial charge in [0.2, 0.25) is 0 Å². The SMILES string of the molecule is C=C(C)COc1cccc(NCC(C)C)c1. The second-order valence-electron chi connectivity index (χ2n) is 4.55. The van der Waals surface area contributed by atoms with Crippen molar-refractivity contribution in [1.29, 1.82) is 0 Å². The van der Waals surface area contributed by atoms with Crippen molar-refractivity contribution >= 4 is 5.69 Å². The van der Waals surface area contributed by atoms with Crippen molar-refractivity contribution in [2.45, 2.75) is 20.8 Å². The lowest BCUT2D eigenvalue weighted by Gasteiger charge is -2.11. The van der Waals surface area contributed by atoms with Crippen molar-refractivity contribution in [2.75, 3.05) is 18.5 Å². The average molecular weight is 219 g/mol. The molecule has 0 unspecified atom stereocenters. The van der Waals surface area contributed by atoms with E-state index in [0.29, 0.717) is 12.5 Å². The van der Waals surface area contributed by atoms with Crippen LogP contribution in [0, 0.1) is 5.92 Å². The molecule has 0 heterocycles. The Labute approximate surface area is 98.3 Å². The minimum Gasteiger partial charge on any atom is -0.489 e. The lowest BCUT2D eigenvalue weighted by Crippen LogP contribution is -2.08. The highest BCUT2D eigenvalue weighted by Gasteiger charge is 1.98. The Morgan fingerprint density at radius 1 is 1.44 bits per heavy atom. The van der Waals surface area contributed by atoms with Gasteiger partial charge in [-0.15, -0.1) is 0 Å². The average Bonchev–Trinajstić information content (AvgIpc) is 2.24. The van der Waals surface area contributed by atoms with Crippen LogP contribution in [0.1, 0.15) is 20.8 Å². The van der Waals surface area contributed by atoms with Gasteiger partial charge in [-0.3, -0.25) is 0 Å². The van der Waals surface area contributed by atoms with Crippen molar-refractivity contribution < 1.29 is 4.74 Å². The number of hydrogen-bond donors (Lipinski definition) is 1. The Balaban J connectivity index is 2.53. The van der Waals surface area contributed by atoms with Crippen molar-refractivity contribution in [1.82, 2.24) is 0 Å². The fourth-order valence-electron chi connectivity index (χ4n) is 1.22. The number of rotatable bonds is 6. The van der Waals surface area contributed by atoms with E-state index in [1.807, 2.05) is 25.1 Å². The molecule has 0 aliphatic carbocycles. The first-order chi connectivity index (χ1) is 7.58. The highest BCUT2D eigenvalue weighted by molar-refractivity contribution is 5.48. The topological polar surface area (TPSA) is 21.3 Å². The van der Waals surface area contributed by atoms with Crippen LogP contribution in [0.5, 0.6) is 5.75 Å². The highest BCUT2D eigenvalue weighted by Crippen LogP contribution is 2.18. The zero-order valence-electron chi connectivity index (χ0n) is 10.4. The summed E-state index contributed by atoms with van der Waals surface area (Å²) in [4.78, 5) is 0. The molecule has 1 N–H and O–H groups in total. The van der Waals surface area contributed by atoms with Crippen molar-refractivity contribution in [3.63, 3.8) is 0 Å². The smallest absolute Gasteiger partial charge is 0.121 e. The number of nitrogens with one attached hydrogen (secondary N) is 1. The summed E-state index contributed by atoms with van der Waals surface area (Å²) < 4.78 is 5.58. The largest absolute Gasteiger partial charge is 0.489 e. The summed E-state index contributed by atoms with van der Waals surface area (Å²) in [6.07, 6.45) is 0. The molecule has 0 fully saturated rings. The molecule has 0 aliphatic rings. The van der Waals surface area contributed by atoms with Crippen molar-refractivity contribution in [3.8, 4) is 5.75 Å². The van der Waals surface area contributed by atoms with Crippen LogP contribution >= 0.6 is 0 Å². The molecule has 1 rings (SSSR count). The zero-order valence-corrected chi connectivity index (χ0v) is 10.4. The Kier molecular flexibility index (Phi) is 4.90. The van der Waals surface area contributed by atoms with Crippen LogP contribution in [-0.2, 0) is 0 Å². The Bertz CT molecular complexity index is 344. The minimum atomic E-state index is 0.577. The van der Waals surface area contributed by atoms with E-state index < -0.39 is 0 Å². The van der Waals surface area contributed by atoms with Gasteiger partial charge in [0.1, 0.15) is 12.4 Å². The molecule has 0 amide bonds. The number of benzene rings is 1. The molecule has 88 valence electrons. The van der Waals surface area contributed by atoms with E-state index in [1.165, 1.54) is 0 Å². The molecule has 0 aromatic heterocycles. The molecule has 1 aromatic rings. The first-order valence-corrected chi connectivity index (χ1v) is 5.69. The predicted molar refractivity (Wildman–Crippen MR) is 70.1 cm³/mol. The first kappa shape index (κ1) is 12.6. The third-order valence-electron chi connectivity index (χ3n) is 2.03. The van der Waals surface area contributed by atoms with Crippen molar-refractivity contribution in [2.24, 2.45) is 5.92 Å². The molecule has 0 bridgehead atoms. The van der Waals surface area contributed by atoms with Crippen LogP contribution in [0.15, 0.2) is 36.4 Å². The predicted octanol–water partition coefficient (Wildman–Crippen LogP) is 3.71. The molecule has 0 radical (unpaired) electrons. The summed E-state index contributed by atoms with van der Waals surface area (Å²) in [6, 6.07) is 8.03. The number of ether oxygens (including phenoxy) is 1. The third kappa shape index (κ3) is 4.87. The van der Waals surface area contributed by atoms with Gasteiger partial charge in [-0.2, -0.15) is 0 Å². The summed E-state index contributed by atoms with van der Waals surface area (Å²) in [7, 11) is 0. The van der Waals surface area contributed by atoms with E-state index in [2.05, 4.69) is 31.8 Å². The van der Waals surface area contributed by atoms with E-state index in [9.17, 15) is 0 Å². The second kappa shape index (κ2) is 6.21. The normalized spacial score (nSPS) is 10.2. The molecule has 0 aliphatic heterocycles. The summed E-state index contributed by atoms with van der Waals surface area (Å²) >= 11 is 0. The van der Waals surface area contributed by atoms with E-state index in [0.717, 1.165) is 23.6 Å². The Morgan fingerprint density at radius 3 is 2.81 bits per heavy atom. The maximum atomic E-state index is 5.58. The molecular weight excluding hydrogens is 198 g/mol. The molecule has 0 spiro atoms. The Morgan fingerprint density at radius 2 is 2.19 bits per heavy atom. The van der Waals surface area contributed by atoms with E-state index in [4.69, 9.17) is 4.74 Å². The van der Waals surface area contributed by atoms with Crippen LogP contribution in [0.3, 0.4) is 0 Å². The summed E-state index contributed by atoms with van der Waals surface area (Å²) in [5.41, 5.74) is 2.13. The van der Waals surface area contributed by atoms with Gasteiger partial charge in [0.25, 0.3) is 0 Å². The highest BCUT2D eigenvalue weighted by atomic mass is 16.5. The first-order valence-electron chi connectivity index (χ1n) is 5.69. The fraction of sp³-hybridized carbons (Fsp3) is 0.429. The van der Waals surface area contributed by atoms with E-state index in [1.54, 1.807) is 0 Å². The van der Waals surface area contributed by atoms with Gasteiger partial charge in [0, 0.05) is 18.3 Å². The van der Waals surface area contributed by atoms with Gasteiger partial charge in [-0.05, 0) is 30.5 Å². The van der Waals surface area contributed by atoms with Crippen LogP contribution in [0.25, 0.3) is 0 Å². The monoisotopic (exact) mass is 219 g/mol. The van der Waals surface area contributed by atoms with Gasteiger partial charge < -0.3 is 10.1 Å². The van der Waals surface area contributed by atoms with Crippen molar-refractivity contribution in [3.05, 3.63) is 36.4 Å². The molecule has 0 saturated carbocycles. The lowest BCUT2D eigenvalue weighted by molar-refractivity contribution is 0.353. The maximum absolute atomic E-state index is 5.58. The van der Waals surface area contributed by atoms with Crippen LogP contribution in [0.2, 0.25) is 0 Å². The maximum Gasteiger partial charge on any atom is 0.121 e. The van der Waals surface area contributed by atoms with Crippen LogP contribution in [0.4, 0.5) is 5.69 Å². The molecule has 0 atom stereocenters. The summed E-state index contributed by atoms with van der Waals surface area (Å²) in [5.74, 6) is 1.52. The number of anilines is 1. The fourth-order valence-corrected chi connectivity index (χ4v) is 1.22. The molecule has 1 aromatic carbocycles. The zero-order chi connectivity index (χ0) is 12.0. The second-order valence-corrected chi connectivity index (χ2v) is 4.55. The van der Waals surface area contributed by atoms with Gasteiger partial charge in [0.15, 0.2) is 0 Å². The van der Waals surface area contributed by atoms with E-state index in [-0.39, 0.29) is 0 Å².